The fourth-order valence-corrected chi connectivity index (χ4v) is 3.66. The lowest BCUT2D eigenvalue weighted by molar-refractivity contribution is -0.119. The number of rotatable bonds is 10. The van der Waals surface area contributed by atoms with Gasteiger partial charge in [-0.15, -0.1) is 0 Å². The van der Waals surface area contributed by atoms with Crippen LogP contribution in [0.4, 0.5) is 11.4 Å². The van der Waals surface area contributed by atoms with E-state index in [4.69, 9.17) is 14.2 Å². The zero-order valence-electron chi connectivity index (χ0n) is 20.5. The fourth-order valence-electron chi connectivity index (χ4n) is 3.66. The van der Waals surface area contributed by atoms with Crippen LogP contribution < -0.4 is 19.7 Å². The van der Waals surface area contributed by atoms with Crippen molar-refractivity contribution in [3.05, 3.63) is 48.0 Å². The normalized spacial score (nSPS) is 14.1. The van der Waals surface area contributed by atoms with Gasteiger partial charge >= 0.3 is 5.97 Å². The van der Waals surface area contributed by atoms with Gasteiger partial charge in [0.2, 0.25) is 0 Å². The first-order valence-corrected chi connectivity index (χ1v) is 11.7. The van der Waals surface area contributed by atoms with E-state index in [9.17, 15) is 9.59 Å². The molecule has 0 spiro atoms. The number of methoxy groups -OCH3 is 1. The Balaban J connectivity index is 1.48. The van der Waals surface area contributed by atoms with Crippen LogP contribution in [0.5, 0.6) is 11.5 Å². The summed E-state index contributed by atoms with van der Waals surface area (Å²) in [7, 11) is 1.51. The largest absolute Gasteiger partial charge is 0.493 e. The van der Waals surface area contributed by atoms with E-state index in [1.54, 1.807) is 18.2 Å². The second kappa shape index (κ2) is 12.3. The van der Waals surface area contributed by atoms with Gasteiger partial charge in [-0.1, -0.05) is 20.8 Å². The molecule has 0 aliphatic carbocycles. The predicted octanol–water partition coefficient (Wildman–Crippen LogP) is 3.67. The molecule has 8 nitrogen and oxygen atoms in total. The maximum Gasteiger partial charge on any atom is 0.338 e. The summed E-state index contributed by atoms with van der Waals surface area (Å²) in [5, 5.41) is 2.77. The smallest absolute Gasteiger partial charge is 0.338 e. The third kappa shape index (κ3) is 7.12. The molecule has 1 amide bonds. The number of carbonyl (C=O) groups is 2. The molecule has 0 saturated carbocycles. The van der Waals surface area contributed by atoms with Crippen molar-refractivity contribution in [3.8, 4) is 11.5 Å². The van der Waals surface area contributed by atoms with Crippen molar-refractivity contribution in [2.75, 3.05) is 63.3 Å². The highest BCUT2D eigenvalue weighted by atomic mass is 16.5. The van der Waals surface area contributed by atoms with Crippen LogP contribution in [0.2, 0.25) is 0 Å². The highest BCUT2D eigenvalue weighted by Gasteiger charge is 2.17. The number of likely N-dealkylation sites (N-methyl/N-ethyl adjacent to an activating group) is 1. The Kier molecular flexibility index (Phi) is 9.16. The van der Waals surface area contributed by atoms with Crippen molar-refractivity contribution in [3.63, 3.8) is 0 Å². The van der Waals surface area contributed by atoms with Crippen LogP contribution in [-0.4, -0.2) is 69.8 Å². The summed E-state index contributed by atoms with van der Waals surface area (Å²) in [6.45, 7) is 11.6. The predicted molar refractivity (Wildman–Crippen MR) is 133 cm³/mol. The van der Waals surface area contributed by atoms with Gasteiger partial charge in [-0.05, 0) is 54.9 Å². The lowest BCUT2D eigenvalue weighted by Crippen LogP contribution is -2.46. The average molecular weight is 470 g/mol. The highest BCUT2D eigenvalue weighted by molar-refractivity contribution is 5.95. The minimum atomic E-state index is -0.606. The molecule has 0 bridgehead atoms. The SMILES string of the molecule is CCN1CCN(c2ccc(NC(=O)COC(=O)c3ccc(OCC(C)C)c(OC)c3)cc2)CC1. The summed E-state index contributed by atoms with van der Waals surface area (Å²) in [5.74, 6) is 0.351. The molecule has 0 radical (unpaired) electrons. The van der Waals surface area contributed by atoms with Crippen molar-refractivity contribution in [2.24, 2.45) is 5.92 Å². The van der Waals surface area contributed by atoms with Crippen LogP contribution >= 0.6 is 0 Å². The van der Waals surface area contributed by atoms with Gasteiger partial charge in [0.25, 0.3) is 5.91 Å². The van der Waals surface area contributed by atoms with Crippen LogP contribution in [-0.2, 0) is 9.53 Å². The number of anilines is 2. The number of hydrogen-bond donors (Lipinski definition) is 1. The molecule has 1 aliphatic heterocycles. The number of amides is 1. The lowest BCUT2D eigenvalue weighted by Gasteiger charge is -2.35. The number of nitrogens with zero attached hydrogens (tertiary/aromatic N) is 2. The van der Waals surface area contributed by atoms with Crippen LogP contribution in [0.3, 0.4) is 0 Å². The summed E-state index contributed by atoms with van der Waals surface area (Å²) >= 11 is 0. The molecule has 1 heterocycles. The van der Waals surface area contributed by atoms with Gasteiger partial charge in [-0.3, -0.25) is 4.79 Å². The van der Waals surface area contributed by atoms with E-state index in [2.05, 4.69) is 22.0 Å². The van der Waals surface area contributed by atoms with E-state index in [0.717, 1.165) is 38.4 Å². The van der Waals surface area contributed by atoms with E-state index in [1.165, 1.54) is 7.11 Å². The van der Waals surface area contributed by atoms with E-state index in [0.29, 0.717) is 29.7 Å². The van der Waals surface area contributed by atoms with E-state index in [1.807, 2.05) is 38.1 Å². The quantitative estimate of drug-likeness (QED) is 0.532. The Labute approximate surface area is 201 Å². The summed E-state index contributed by atoms with van der Waals surface area (Å²) in [6.07, 6.45) is 0. The van der Waals surface area contributed by atoms with Gasteiger partial charge in [0.05, 0.1) is 19.3 Å². The second-order valence-corrected chi connectivity index (χ2v) is 8.66. The van der Waals surface area contributed by atoms with Gasteiger partial charge in [0.1, 0.15) is 0 Å². The van der Waals surface area contributed by atoms with E-state index >= 15 is 0 Å². The Morgan fingerprint density at radius 3 is 2.32 bits per heavy atom. The summed E-state index contributed by atoms with van der Waals surface area (Å²) in [6, 6.07) is 12.5. The molecule has 1 fully saturated rings. The minimum absolute atomic E-state index is 0.286. The molecule has 0 aromatic heterocycles. The Hall–Kier alpha value is -3.26. The van der Waals surface area contributed by atoms with Crippen molar-refractivity contribution in [1.29, 1.82) is 0 Å². The van der Waals surface area contributed by atoms with Crippen molar-refractivity contribution in [2.45, 2.75) is 20.8 Å². The standard InChI is InChI=1S/C26H35N3O5/c1-5-28-12-14-29(15-13-28)22-9-7-21(8-10-22)27-25(30)18-34-26(31)20-6-11-23(24(16-20)32-4)33-17-19(2)3/h6-11,16,19H,5,12-15,17-18H2,1-4H3,(H,27,30). The number of nitrogens with one attached hydrogen (secondary N) is 1. The minimum Gasteiger partial charge on any atom is -0.493 e. The van der Waals surface area contributed by atoms with Gasteiger partial charge in [-0.25, -0.2) is 4.79 Å². The maximum atomic E-state index is 12.4. The van der Waals surface area contributed by atoms with Crippen molar-refractivity contribution < 1.29 is 23.8 Å². The molecule has 2 aromatic rings. The van der Waals surface area contributed by atoms with Crippen molar-refractivity contribution in [1.82, 2.24) is 4.90 Å². The molecule has 2 aromatic carbocycles. The van der Waals surface area contributed by atoms with Gasteiger partial charge in [0.15, 0.2) is 18.1 Å². The molecule has 1 aliphatic rings. The topological polar surface area (TPSA) is 80.3 Å². The maximum absolute atomic E-state index is 12.4. The number of ether oxygens (including phenoxy) is 3. The van der Waals surface area contributed by atoms with Crippen LogP contribution in [0.25, 0.3) is 0 Å². The first-order chi connectivity index (χ1) is 16.4. The zero-order valence-corrected chi connectivity index (χ0v) is 20.5. The van der Waals surface area contributed by atoms with Crippen LogP contribution in [0.1, 0.15) is 31.1 Å². The van der Waals surface area contributed by atoms with E-state index < -0.39 is 11.9 Å². The fraction of sp³-hybridized carbons (Fsp3) is 0.462. The summed E-state index contributed by atoms with van der Waals surface area (Å²) < 4.78 is 16.2. The number of hydrogen-bond acceptors (Lipinski definition) is 7. The Morgan fingerprint density at radius 2 is 1.71 bits per heavy atom. The molecule has 1 saturated heterocycles. The lowest BCUT2D eigenvalue weighted by atomic mass is 10.2. The molecule has 1 N–H and O–H groups in total. The Bertz CT molecular complexity index is 953. The monoisotopic (exact) mass is 469 g/mol. The number of carbonyl (C=O) groups excluding carboxylic acids is 2. The number of esters is 1. The molecule has 34 heavy (non-hydrogen) atoms. The van der Waals surface area contributed by atoms with Gasteiger partial charge in [0, 0.05) is 37.6 Å². The zero-order chi connectivity index (χ0) is 24.5. The molecule has 3 rings (SSSR count). The molecule has 184 valence electrons. The van der Waals surface area contributed by atoms with Gasteiger partial charge < -0.3 is 29.3 Å². The molecular formula is C26H35N3O5. The average Bonchev–Trinajstić information content (AvgIpc) is 2.86. The number of piperazine rings is 1. The first-order valence-electron chi connectivity index (χ1n) is 11.7. The second-order valence-electron chi connectivity index (χ2n) is 8.66. The Morgan fingerprint density at radius 1 is 1.00 bits per heavy atom. The van der Waals surface area contributed by atoms with Crippen molar-refractivity contribution >= 4 is 23.3 Å². The highest BCUT2D eigenvalue weighted by Crippen LogP contribution is 2.29. The van der Waals surface area contributed by atoms with Crippen LogP contribution in [0.15, 0.2) is 42.5 Å². The number of benzene rings is 2. The molecule has 0 atom stereocenters. The van der Waals surface area contributed by atoms with Gasteiger partial charge in [-0.2, -0.15) is 0 Å². The molecule has 8 heteroatoms. The summed E-state index contributed by atoms with van der Waals surface area (Å²) in [5.41, 5.74) is 2.08. The molecule has 0 unspecified atom stereocenters. The van der Waals surface area contributed by atoms with E-state index in [-0.39, 0.29) is 12.2 Å². The third-order valence-corrected chi connectivity index (χ3v) is 5.64. The first kappa shape index (κ1) is 25.4. The van der Waals surface area contributed by atoms with Crippen LogP contribution in [0, 0.1) is 5.92 Å². The summed E-state index contributed by atoms with van der Waals surface area (Å²) in [4.78, 5) is 29.5. The molecular weight excluding hydrogens is 434 g/mol. The third-order valence-electron chi connectivity index (χ3n) is 5.64.